The summed E-state index contributed by atoms with van der Waals surface area (Å²) in [6.45, 7) is 6.51. The molecular formula is C14H20ClNO2. The number of aliphatic hydroxyl groups excluding tert-OH is 1. The predicted octanol–water partition coefficient (Wildman–Crippen LogP) is 2.48. The smallest absolute Gasteiger partial charge is 0.0916 e. The van der Waals surface area contributed by atoms with Crippen LogP contribution in [0.4, 0.5) is 0 Å². The molecule has 4 heteroatoms. The number of hydrogen-bond donors (Lipinski definition) is 1. The molecule has 1 aliphatic rings. The molecule has 1 aromatic carbocycles. The van der Waals surface area contributed by atoms with Crippen LogP contribution in [0.25, 0.3) is 0 Å². The van der Waals surface area contributed by atoms with Gasteiger partial charge in [-0.1, -0.05) is 23.7 Å². The van der Waals surface area contributed by atoms with Crippen LogP contribution in [0.3, 0.4) is 0 Å². The van der Waals surface area contributed by atoms with Gasteiger partial charge in [-0.3, -0.25) is 4.90 Å². The van der Waals surface area contributed by atoms with E-state index in [1.165, 1.54) is 0 Å². The van der Waals surface area contributed by atoms with Crippen molar-refractivity contribution >= 4 is 11.6 Å². The fourth-order valence-electron chi connectivity index (χ4n) is 2.47. The van der Waals surface area contributed by atoms with Gasteiger partial charge in [0.1, 0.15) is 0 Å². The van der Waals surface area contributed by atoms with E-state index in [2.05, 4.69) is 18.7 Å². The topological polar surface area (TPSA) is 32.7 Å². The third-order valence-corrected chi connectivity index (χ3v) is 3.43. The lowest BCUT2D eigenvalue weighted by atomic mass is 10.1. The fourth-order valence-corrected chi connectivity index (χ4v) is 2.59. The molecule has 3 nitrogen and oxygen atoms in total. The first-order valence-electron chi connectivity index (χ1n) is 6.36. The van der Waals surface area contributed by atoms with Crippen LogP contribution < -0.4 is 0 Å². The first kappa shape index (κ1) is 13.8. The molecule has 1 N–H and O–H groups in total. The Hall–Kier alpha value is -0.610. The van der Waals surface area contributed by atoms with Gasteiger partial charge < -0.3 is 9.84 Å². The SMILES string of the molecule is C[C@@H]1CN(C[C@H](O)c2ccc(Cl)cc2)C[C@H](C)O1. The van der Waals surface area contributed by atoms with E-state index >= 15 is 0 Å². The minimum absolute atomic E-state index is 0.228. The number of ether oxygens (including phenoxy) is 1. The summed E-state index contributed by atoms with van der Waals surface area (Å²) in [5.74, 6) is 0. The van der Waals surface area contributed by atoms with Crippen molar-refractivity contribution in [1.82, 2.24) is 4.90 Å². The van der Waals surface area contributed by atoms with Crippen molar-refractivity contribution in [3.63, 3.8) is 0 Å². The van der Waals surface area contributed by atoms with Gasteiger partial charge >= 0.3 is 0 Å². The summed E-state index contributed by atoms with van der Waals surface area (Å²) < 4.78 is 5.68. The number of benzene rings is 1. The lowest BCUT2D eigenvalue weighted by Crippen LogP contribution is -2.46. The second-order valence-electron chi connectivity index (χ2n) is 5.04. The first-order valence-corrected chi connectivity index (χ1v) is 6.73. The van der Waals surface area contributed by atoms with E-state index in [9.17, 15) is 5.11 Å². The van der Waals surface area contributed by atoms with Gasteiger partial charge in [0.15, 0.2) is 0 Å². The molecule has 0 saturated carbocycles. The third-order valence-electron chi connectivity index (χ3n) is 3.18. The summed E-state index contributed by atoms with van der Waals surface area (Å²) in [5.41, 5.74) is 0.909. The van der Waals surface area contributed by atoms with Gasteiger partial charge in [-0.25, -0.2) is 0 Å². The van der Waals surface area contributed by atoms with Gasteiger partial charge in [-0.15, -0.1) is 0 Å². The van der Waals surface area contributed by atoms with Crippen molar-refractivity contribution in [2.24, 2.45) is 0 Å². The molecule has 1 aromatic rings. The molecule has 1 aliphatic heterocycles. The van der Waals surface area contributed by atoms with E-state index in [1.54, 1.807) is 0 Å². The molecule has 2 rings (SSSR count). The quantitative estimate of drug-likeness (QED) is 0.915. The van der Waals surface area contributed by atoms with E-state index in [4.69, 9.17) is 16.3 Å². The predicted molar refractivity (Wildman–Crippen MR) is 72.9 cm³/mol. The number of aliphatic hydroxyl groups is 1. The number of halogens is 1. The molecule has 18 heavy (non-hydrogen) atoms. The highest BCUT2D eigenvalue weighted by Crippen LogP contribution is 2.19. The Balaban J connectivity index is 1.94. The highest BCUT2D eigenvalue weighted by atomic mass is 35.5. The second kappa shape index (κ2) is 6.02. The van der Waals surface area contributed by atoms with E-state index in [-0.39, 0.29) is 12.2 Å². The Kier molecular flexibility index (Phi) is 4.62. The maximum Gasteiger partial charge on any atom is 0.0916 e. The molecule has 100 valence electrons. The van der Waals surface area contributed by atoms with Crippen molar-refractivity contribution < 1.29 is 9.84 Å². The Labute approximate surface area is 113 Å². The van der Waals surface area contributed by atoms with Crippen molar-refractivity contribution in [1.29, 1.82) is 0 Å². The molecule has 0 amide bonds. The number of rotatable bonds is 3. The molecule has 1 saturated heterocycles. The van der Waals surface area contributed by atoms with Crippen LogP contribution in [0.2, 0.25) is 5.02 Å². The molecule has 0 aromatic heterocycles. The summed E-state index contributed by atoms with van der Waals surface area (Å²) in [5, 5.41) is 10.9. The summed E-state index contributed by atoms with van der Waals surface area (Å²) in [7, 11) is 0. The molecule has 1 fully saturated rings. The molecule has 0 radical (unpaired) electrons. The van der Waals surface area contributed by atoms with Crippen LogP contribution in [-0.4, -0.2) is 41.8 Å². The number of hydrogen-bond acceptors (Lipinski definition) is 3. The Morgan fingerprint density at radius 3 is 2.39 bits per heavy atom. The Morgan fingerprint density at radius 2 is 1.83 bits per heavy atom. The molecule has 0 bridgehead atoms. The zero-order chi connectivity index (χ0) is 13.1. The molecule has 0 spiro atoms. The number of β-amino-alcohol motifs (C(OH)–C–C–N with tert-alkyl or cyclic N) is 1. The zero-order valence-corrected chi connectivity index (χ0v) is 11.6. The van der Waals surface area contributed by atoms with Crippen molar-refractivity contribution in [2.75, 3.05) is 19.6 Å². The normalized spacial score (nSPS) is 27.1. The van der Waals surface area contributed by atoms with Crippen LogP contribution in [-0.2, 0) is 4.74 Å². The zero-order valence-electron chi connectivity index (χ0n) is 10.8. The fraction of sp³-hybridized carbons (Fsp3) is 0.571. The summed E-state index contributed by atoms with van der Waals surface area (Å²) >= 11 is 5.84. The van der Waals surface area contributed by atoms with E-state index in [0.717, 1.165) is 18.7 Å². The molecule has 0 unspecified atom stereocenters. The monoisotopic (exact) mass is 269 g/mol. The summed E-state index contributed by atoms with van der Waals surface area (Å²) in [6.07, 6.45) is -0.0166. The summed E-state index contributed by atoms with van der Waals surface area (Å²) in [6, 6.07) is 7.37. The Morgan fingerprint density at radius 1 is 1.28 bits per heavy atom. The van der Waals surface area contributed by atoms with Crippen molar-refractivity contribution in [3.8, 4) is 0 Å². The average Bonchev–Trinajstić information content (AvgIpc) is 2.28. The highest BCUT2D eigenvalue weighted by Gasteiger charge is 2.24. The molecule has 1 heterocycles. The van der Waals surface area contributed by atoms with Gasteiger partial charge in [0, 0.05) is 24.7 Å². The second-order valence-corrected chi connectivity index (χ2v) is 5.48. The third kappa shape index (κ3) is 3.69. The van der Waals surface area contributed by atoms with Crippen LogP contribution in [0.15, 0.2) is 24.3 Å². The maximum absolute atomic E-state index is 10.2. The highest BCUT2D eigenvalue weighted by molar-refractivity contribution is 6.30. The largest absolute Gasteiger partial charge is 0.387 e. The van der Waals surface area contributed by atoms with Gasteiger partial charge in [0.25, 0.3) is 0 Å². The standard InChI is InChI=1S/C14H20ClNO2/c1-10-7-16(8-11(2)18-10)9-14(17)12-3-5-13(15)6-4-12/h3-6,10-11,14,17H,7-9H2,1-2H3/t10-,11+,14-/m0/s1. The van der Waals surface area contributed by atoms with Crippen LogP contribution in [0, 0.1) is 0 Å². The van der Waals surface area contributed by atoms with Crippen molar-refractivity contribution in [3.05, 3.63) is 34.9 Å². The van der Waals surface area contributed by atoms with Gasteiger partial charge in [0.2, 0.25) is 0 Å². The molecular weight excluding hydrogens is 250 g/mol. The average molecular weight is 270 g/mol. The van der Waals surface area contributed by atoms with E-state index in [1.807, 2.05) is 24.3 Å². The van der Waals surface area contributed by atoms with E-state index < -0.39 is 6.10 Å². The minimum atomic E-state index is -0.472. The Bertz CT molecular complexity index is 372. The minimum Gasteiger partial charge on any atom is -0.387 e. The maximum atomic E-state index is 10.2. The lowest BCUT2D eigenvalue weighted by Gasteiger charge is -2.36. The van der Waals surface area contributed by atoms with Crippen LogP contribution in [0.1, 0.15) is 25.5 Å². The summed E-state index contributed by atoms with van der Waals surface area (Å²) in [4.78, 5) is 2.25. The lowest BCUT2D eigenvalue weighted by molar-refractivity contribution is -0.0767. The number of nitrogens with zero attached hydrogens (tertiary/aromatic N) is 1. The van der Waals surface area contributed by atoms with Crippen molar-refractivity contribution in [2.45, 2.75) is 32.2 Å². The number of morpholine rings is 1. The van der Waals surface area contributed by atoms with Crippen LogP contribution in [0.5, 0.6) is 0 Å². The molecule has 3 atom stereocenters. The van der Waals surface area contributed by atoms with Gasteiger partial charge in [-0.05, 0) is 31.5 Å². The van der Waals surface area contributed by atoms with E-state index in [0.29, 0.717) is 11.6 Å². The van der Waals surface area contributed by atoms with Gasteiger partial charge in [-0.2, -0.15) is 0 Å². The van der Waals surface area contributed by atoms with Gasteiger partial charge in [0.05, 0.1) is 18.3 Å². The molecule has 0 aliphatic carbocycles. The van der Waals surface area contributed by atoms with Crippen LogP contribution >= 0.6 is 11.6 Å². The first-order chi connectivity index (χ1) is 8.54.